The van der Waals surface area contributed by atoms with Gasteiger partial charge < -0.3 is 9.64 Å². The molecule has 0 unspecified atom stereocenters. The van der Waals surface area contributed by atoms with Crippen molar-refractivity contribution in [3.63, 3.8) is 0 Å². The van der Waals surface area contributed by atoms with Crippen LogP contribution in [0.15, 0.2) is 42.7 Å². The van der Waals surface area contributed by atoms with Gasteiger partial charge in [0.05, 0.1) is 24.4 Å². The highest BCUT2D eigenvalue weighted by Crippen LogP contribution is 2.40. The van der Waals surface area contributed by atoms with E-state index in [1.807, 2.05) is 10.6 Å². The maximum atomic E-state index is 5.95. The Labute approximate surface area is 146 Å². The maximum absolute atomic E-state index is 5.95. The lowest BCUT2D eigenvalue weighted by Crippen LogP contribution is -2.45. The van der Waals surface area contributed by atoms with Crippen molar-refractivity contribution in [2.75, 3.05) is 18.1 Å². The topological polar surface area (TPSA) is 55.6 Å². The molecule has 25 heavy (non-hydrogen) atoms. The third-order valence-electron chi connectivity index (χ3n) is 5.07. The second-order valence-corrected chi connectivity index (χ2v) is 7.01. The van der Waals surface area contributed by atoms with Gasteiger partial charge in [0.25, 0.3) is 0 Å². The number of benzene rings is 1. The van der Waals surface area contributed by atoms with Crippen molar-refractivity contribution in [3.8, 4) is 0 Å². The van der Waals surface area contributed by atoms with Crippen molar-refractivity contribution in [3.05, 3.63) is 54.0 Å². The lowest BCUT2D eigenvalue weighted by molar-refractivity contribution is 0.0294. The normalized spacial score (nSPS) is 24.0. The molecular weight excluding hydrogens is 314 g/mol. The van der Waals surface area contributed by atoms with E-state index < -0.39 is 0 Å². The molecule has 1 saturated carbocycles. The minimum absolute atomic E-state index is 0.129. The summed E-state index contributed by atoms with van der Waals surface area (Å²) in [5.74, 6) is 1.45. The minimum atomic E-state index is 0.129. The fourth-order valence-corrected chi connectivity index (χ4v) is 3.57. The predicted octanol–water partition coefficient (Wildman–Crippen LogP) is 2.97. The maximum Gasteiger partial charge on any atom is 0.230 e. The number of hydrogen-bond acceptors (Lipinski definition) is 5. The largest absolute Gasteiger partial charge is 0.374 e. The van der Waals surface area contributed by atoms with Gasteiger partial charge >= 0.3 is 0 Å². The van der Waals surface area contributed by atoms with Crippen LogP contribution in [-0.2, 0) is 4.74 Å². The van der Waals surface area contributed by atoms with Crippen LogP contribution in [0.4, 0.5) is 5.95 Å². The van der Waals surface area contributed by atoms with Gasteiger partial charge in [-0.3, -0.25) is 0 Å². The van der Waals surface area contributed by atoms with Gasteiger partial charge in [0.2, 0.25) is 5.95 Å². The zero-order chi connectivity index (χ0) is 16.8. The molecule has 6 nitrogen and oxygen atoms in total. The molecule has 1 aliphatic heterocycles. The Balaban J connectivity index is 1.60. The summed E-state index contributed by atoms with van der Waals surface area (Å²) in [6, 6.07) is 12.7. The molecule has 128 valence electrons. The van der Waals surface area contributed by atoms with Crippen LogP contribution < -0.4 is 4.90 Å². The Kier molecular flexibility index (Phi) is 3.45. The van der Waals surface area contributed by atoms with Crippen LogP contribution in [0.2, 0.25) is 0 Å². The van der Waals surface area contributed by atoms with Crippen molar-refractivity contribution in [2.45, 2.75) is 37.8 Å². The third kappa shape index (κ3) is 2.66. The van der Waals surface area contributed by atoms with Gasteiger partial charge in [0.15, 0.2) is 5.65 Å². The SMILES string of the molecule is C[C@@H]1CN(c2ncnc3cc(C4CC4)nn23)[C@H](c2ccccc2)CO1. The summed E-state index contributed by atoms with van der Waals surface area (Å²) in [5.41, 5.74) is 3.24. The number of fused-ring (bicyclic) bond motifs is 1. The Hall–Kier alpha value is -2.47. The highest BCUT2D eigenvalue weighted by molar-refractivity contribution is 5.48. The quantitative estimate of drug-likeness (QED) is 0.736. The molecule has 2 aliphatic rings. The van der Waals surface area contributed by atoms with Gasteiger partial charge in [-0.1, -0.05) is 30.3 Å². The average molecular weight is 335 g/mol. The van der Waals surface area contributed by atoms with Gasteiger partial charge in [-0.25, -0.2) is 9.97 Å². The average Bonchev–Trinajstić information content (AvgIpc) is 3.40. The summed E-state index contributed by atoms with van der Waals surface area (Å²) >= 11 is 0. The highest BCUT2D eigenvalue weighted by atomic mass is 16.5. The van der Waals surface area contributed by atoms with Gasteiger partial charge in [0.1, 0.15) is 6.33 Å². The van der Waals surface area contributed by atoms with E-state index >= 15 is 0 Å². The van der Waals surface area contributed by atoms with Crippen molar-refractivity contribution < 1.29 is 4.74 Å². The molecule has 2 fully saturated rings. The van der Waals surface area contributed by atoms with Crippen molar-refractivity contribution >= 4 is 11.6 Å². The Bertz CT molecular complexity index is 889. The van der Waals surface area contributed by atoms with Gasteiger partial charge in [-0.2, -0.15) is 9.61 Å². The third-order valence-corrected chi connectivity index (χ3v) is 5.07. The number of morpholine rings is 1. The molecule has 0 spiro atoms. The summed E-state index contributed by atoms with van der Waals surface area (Å²) in [7, 11) is 0. The van der Waals surface area contributed by atoms with E-state index in [0.29, 0.717) is 12.5 Å². The predicted molar refractivity (Wildman–Crippen MR) is 94.7 cm³/mol. The first kappa shape index (κ1) is 14.8. The molecule has 3 aromatic rings. The number of anilines is 1. The molecule has 1 saturated heterocycles. The molecule has 1 aliphatic carbocycles. The Morgan fingerprint density at radius 3 is 2.76 bits per heavy atom. The summed E-state index contributed by atoms with van der Waals surface area (Å²) in [5, 5.41) is 4.81. The second kappa shape index (κ2) is 5.81. The van der Waals surface area contributed by atoms with Crippen LogP contribution >= 0.6 is 0 Å². The van der Waals surface area contributed by atoms with Crippen molar-refractivity contribution in [1.29, 1.82) is 0 Å². The van der Waals surface area contributed by atoms with Gasteiger partial charge in [-0.15, -0.1) is 0 Å². The van der Waals surface area contributed by atoms with E-state index in [9.17, 15) is 0 Å². The first-order valence-corrected chi connectivity index (χ1v) is 8.93. The van der Waals surface area contributed by atoms with E-state index in [1.54, 1.807) is 6.33 Å². The molecule has 1 aromatic carbocycles. The molecule has 0 bridgehead atoms. The fraction of sp³-hybridized carbons (Fsp3) is 0.421. The van der Waals surface area contributed by atoms with Crippen LogP contribution in [-0.4, -0.2) is 38.8 Å². The molecule has 0 amide bonds. The first-order chi connectivity index (χ1) is 12.3. The van der Waals surface area contributed by atoms with Crippen molar-refractivity contribution in [2.24, 2.45) is 0 Å². The molecule has 0 N–H and O–H groups in total. The molecule has 2 atom stereocenters. The Morgan fingerprint density at radius 1 is 1.12 bits per heavy atom. The molecule has 0 radical (unpaired) electrons. The second-order valence-electron chi connectivity index (χ2n) is 7.01. The lowest BCUT2D eigenvalue weighted by atomic mass is 10.0. The zero-order valence-electron chi connectivity index (χ0n) is 14.2. The monoisotopic (exact) mass is 335 g/mol. The number of ether oxygens (including phenoxy) is 1. The van der Waals surface area contributed by atoms with E-state index in [4.69, 9.17) is 9.84 Å². The minimum Gasteiger partial charge on any atom is -0.374 e. The zero-order valence-corrected chi connectivity index (χ0v) is 14.2. The number of rotatable bonds is 3. The molecule has 5 rings (SSSR count). The summed E-state index contributed by atoms with van der Waals surface area (Å²) in [6.45, 7) is 3.53. The number of nitrogens with zero attached hydrogens (tertiary/aromatic N) is 5. The van der Waals surface area contributed by atoms with E-state index in [-0.39, 0.29) is 12.1 Å². The van der Waals surface area contributed by atoms with Gasteiger partial charge in [-0.05, 0) is 25.3 Å². The fourth-order valence-electron chi connectivity index (χ4n) is 3.57. The molecule has 2 aromatic heterocycles. The van der Waals surface area contributed by atoms with Crippen LogP contribution in [0.25, 0.3) is 5.65 Å². The first-order valence-electron chi connectivity index (χ1n) is 8.93. The van der Waals surface area contributed by atoms with Gasteiger partial charge in [0, 0.05) is 18.5 Å². The highest BCUT2D eigenvalue weighted by Gasteiger charge is 2.32. The Morgan fingerprint density at radius 2 is 1.96 bits per heavy atom. The lowest BCUT2D eigenvalue weighted by Gasteiger charge is -2.39. The van der Waals surface area contributed by atoms with Crippen LogP contribution in [0, 0.1) is 0 Å². The van der Waals surface area contributed by atoms with E-state index in [2.05, 4.69) is 52.1 Å². The summed E-state index contributed by atoms with van der Waals surface area (Å²) < 4.78 is 7.85. The van der Waals surface area contributed by atoms with Crippen LogP contribution in [0.3, 0.4) is 0 Å². The molecule has 6 heteroatoms. The molecule has 3 heterocycles. The summed E-state index contributed by atoms with van der Waals surface area (Å²) in [4.78, 5) is 11.3. The van der Waals surface area contributed by atoms with Crippen molar-refractivity contribution in [1.82, 2.24) is 19.6 Å². The summed E-state index contributed by atoms with van der Waals surface area (Å²) in [6.07, 6.45) is 4.26. The molecular formula is C19H21N5O. The van der Waals surface area contributed by atoms with Crippen LogP contribution in [0.5, 0.6) is 0 Å². The number of aromatic nitrogens is 4. The smallest absolute Gasteiger partial charge is 0.230 e. The number of hydrogen-bond donors (Lipinski definition) is 0. The standard InChI is InChI=1S/C19H21N5O/c1-13-10-23(17(11-25-13)15-5-3-2-4-6-15)19-21-12-20-18-9-16(14-7-8-14)22-24(18)19/h2-6,9,12-14,17H,7-8,10-11H2,1H3/t13-,17+/m1/s1. The van der Waals surface area contributed by atoms with Crippen LogP contribution in [0.1, 0.15) is 43.0 Å². The van der Waals surface area contributed by atoms with E-state index in [0.717, 1.165) is 23.8 Å². The van der Waals surface area contributed by atoms with E-state index in [1.165, 1.54) is 18.4 Å².